The van der Waals surface area contributed by atoms with E-state index in [0.717, 1.165) is 19.8 Å². The highest BCUT2D eigenvalue weighted by Crippen LogP contribution is 2.14. The van der Waals surface area contributed by atoms with Crippen LogP contribution >= 0.6 is 12.2 Å². The summed E-state index contributed by atoms with van der Waals surface area (Å²) in [5.74, 6) is -0.836. The van der Waals surface area contributed by atoms with Crippen LogP contribution in [0.1, 0.15) is 33.1 Å². The Labute approximate surface area is 140 Å². The Hall–Kier alpha value is -2.00. The van der Waals surface area contributed by atoms with Crippen LogP contribution in [0.3, 0.4) is 0 Å². The standard InChI is InChI=1S/C14H19N3O4S2/c1-3-4-5-13(19)16-14(22)15-11-6-8-12(9-7-11)23(20,21)17-10(2)18/h6-9H,3-5H2,1-2H3,(H,17,18)(H2,15,16,19,22). The van der Waals surface area contributed by atoms with E-state index in [2.05, 4.69) is 10.6 Å². The van der Waals surface area contributed by atoms with Gasteiger partial charge in [0.25, 0.3) is 10.0 Å². The Morgan fingerprint density at radius 1 is 1.17 bits per heavy atom. The minimum Gasteiger partial charge on any atom is -0.332 e. The number of carbonyl (C=O) groups excluding carboxylic acids is 2. The third-order valence-electron chi connectivity index (χ3n) is 2.71. The van der Waals surface area contributed by atoms with Gasteiger partial charge in [0.2, 0.25) is 11.8 Å². The maximum absolute atomic E-state index is 11.8. The molecule has 0 aliphatic carbocycles. The molecule has 126 valence electrons. The van der Waals surface area contributed by atoms with Crippen LogP contribution in [0.25, 0.3) is 0 Å². The van der Waals surface area contributed by atoms with Crippen molar-refractivity contribution in [3.8, 4) is 0 Å². The number of nitrogens with one attached hydrogen (secondary N) is 3. The molecule has 1 aromatic rings. The van der Waals surface area contributed by atoms with Gasteiger partial charge in [-0.1, -0.05) is 13.3 Å². The minimum absolute atomic E-state index is 0.0452. The van der Waals surface area contributed by atoms with Crippen molar-refractivity contribution in [3.05, 3.63) is 24.3 Å². The first-order valence-electron chi connectivity index (χ1n) is 6.99. The van der Waals surface area contributed by atoms with Crippen molar-refractivity contribution in [1.82, 2.24) is 10.0 Å². The Balaban J connectivity index is 2.65. The summed E-state index contributed by atoms with van der Waals surface area (Å²) in [5, 5.41) is 5.47. The van der Waals surface area contributed by atoms with Crippen molar-refractivity contribution in [3.63, 3.8) is 0 Å². The van der Waals surface area contributed by atoms with Crippen LogP contribution in [0.2, 0.25) is 0 Å². The molecule has 0 fully saturated rings. The van der Waals surface area contributed by atoms with E-state index in [1.807, 2.05) is 11.6 Å². The number of rotatable bonds is 6. The number of benzene rings is 1. The van der Waals surface area contributed by atoms with Gasteiger partial charge in [0.05, 0.1) is 4.90 Å². The summed E-state index contributed by atoms with van der Waals surface area (Å²) in [6.45, 7) is 3.10. The lowest BCUT2D eigenvalue weighted by atomic mass is 10.2. The van der Waals surface area contributed by atoms with E-state index >= 15 is 0 Å². The summed E-state index contributed by atoms with van der Waals surface area (Å²) in [5.41, 5.74) is 0.521. The number of amides is 2. The van der Waals surface area contributed by atoms with Gasteiger partial charge < -0.3 is 10.6 Å². The van der Waals surface area contributed by atoms with Crippen LogP contribution in [0, 0.1) is 0 Å². The smallest absolute Gasteiger partial charge is 0.264 e. The maximum Gasteiger partial charge on any atom is 0.264 e. The lowest BCUT2D eigenvalue weighted by Gasteiger charge is -2.10. The molecule has 23 heavy (non-hydrogen) atoms. The minimum atomic E-state index is -3.86. The predicted octanol–water partition coefficient (Wildman–Crippen LogP) is 1.51. The molecule has 0 radical (unpaired) electrons. The van der Waals surface area contributed by atoms with E-state index in [-0.39, 0.29) is 15.9 Å². The molecule has 0 saturated carbocycles. The fourth-order valence-corrected chi connectivity index (χ4v) is 2.88. The van der Waals surface area contributed by atoms with Crippen molar-refractivity contribution in [2.45, 2.75) is 38.0 Å². The first kappa shape index (κ1) is 19.0. The number of sulfonamides is 1. The first-order valence-corrected chi connectivity index (χ1v) is 8.88. The highest BCUT2D eigenvalue weighted by Gasteiger charge is 2.15. The van der Waals surface area contributed by atoms with Gasteiger partial charge in [-0.25, -0.2) is 13.1 Å². The summed E-state index contributed by atoms with van der Waals surface area (Å²) < 4.78 is 25.4. The number of hydrogen-bond donors (Lipinski definition) is 3. The largest absolute Gasteiger partial charge is 0.332 e. The van der Waals surface area contributed by atoms with Gasteiger partial charge in [-0.2, -0.15) is 0 Å². The van der Waals surface area contributed by atoms with E-state index in [4.69, 9.17) is 12.2 Å². The zero-order valence-electron chi connectivity index (χ0n) is 12.9. The number of hydrogen-bond acceptors (Lipinski definition) is 5. The lowest BCUT2D eigenvalue weighted by Crippen LogP contribution is -2.33. The van der Waals surface area contributed by atoms with E-state index in [1.54, 1.807) is 0 Å². The summed E-state index contributed by atoms with van der Waals surface area (Å²) >= 11 is 5.01. The molecule has 0 unspecified atom stereocenters. The number of unbranched alkanes of at least 4 members (excludes halogenated alkanes) is 1. The second-order valence-corrected chi connectivity index (χ2v) is 6.88. The number of anilines is 1. The molecule has 0 saturated heterocycles. The predicted molar refractivity (Wildman–Crippen MR) is 91.3 cm³/mol. The fraction of sp³-hybridized carbons (Fsp3) is 0.357. The Bertz CT molecular complexity index is 684. The molecule has 3 N–H and O–H groups in total. The van der Waals surface area contributed by atoms with Gasteiger partial charge >= 0.3 is 0 Å². The maximum atomic E-state index is 11.8. The zero-order chi connectivity index (χ0) is 17.5. The molecule has 7 nitrogen and oxygen atoms in total. The van der Waals surface area contributed by atoms with Gasteiger partial charge in [-0.3, -0.25) is 9.59 Å². The average Bonchev–Trinajstić information content (AvgIpc) is 2.44. The van der Waals surface area contributed by atoms with Crippen LogP contribution in [-0.4, -0.2) is 25.3 Å². The quantitative estimate of drug-likeness (QED) is 0.667. The summed E-state index contributed by atoms with van der Waals surface area (Å²) in [4.78, 5) is 22.4. The molecule has 2 amide bonds. The molecule has 0 atom stereocenters. The second kappa shape index (κ2) is 8.59. The molecular formula is C14H19N3O4S2. The molecule has 1 aromatic carbocycles. The SMILES string of the molecule is CCCCC(=O)NC(=S)Nc1ccc(S(=O)(=O)NC(C)=O)cc1. The van der Waals surface area contributed by atoms with Crippen molar-refractivity contribution >= 4 is 44.9 Å². The molecule has 0 aliphatic rings. The van der Waals surface area contributed by atoms with E-state index in [0.29, 0.717) is 12.1 Å². The van der Waals surface area contributed by atoms with Crippen LogP contribution in [0.4, 0.5) is 5.69 Å². The topological polar surface area (TPSA) is 104 Å². The average molecular weight is 357 g/mol. The van der Waals surface area contributed by atoms with Crippen LogP contribution < -0.4 is 15.4 Å². The van der Waals surface area contributed by atoms with Crippen molar-refractivity contribution in [2.24, 2.45) is 0 Å². The number of thiocarbonyl (C=S) groups is 1. The van der Waals surface area contributed by atoms with Crippen LogP contribution in [0.5, 0.6) is 0 Å². The highest BCUT2D eigenvalue weighted by molar-refractivity contribution is 7.90. The van der Waals surface area contributed by atoms with Crippen molar-refractivity contribution in [1.29, 1.82) is 0 Å². The summed E-state index contributed by atoms with van der Waals surface area (Å²) in [7, 11) is -3.86. The molecule has 0 aliphatic heterocycles. The van der Waals surface area contributed by atoms with Gasteiger partial charge in [-0.15, -0.1) is 0 Å². The third-order valence-corrected chi connectivity index (χ3v) is 4.36. The molecule has 0 aromatic heterocycles. The van der Waals surface area contributed by atoms with Gasteiger partial charge in [-0.05, 0) is 42.9 Å². The molecular weight excluding hydrogens is 338 g/mol. The molecule has 1 rings (SSSR count). The molecule has 0 spiro atoms. The number of carbonyl (C=O) groups is 2. The normalized spacial score (nSPS) is 10.7. The van der Waals surface area contributed by atoms with E-state index in [9.17, 15) is 18.0 Å². The first-order chi connectivity index (χ1) is 10.7. The second-order valence-electron chi connectivity index (χ2n) is 4.79. The summed E-state index contributed by atoms with van der Waals surface area (Å²) in [6, 6.07) is 5.63. The monoisotopic (exact) mass is 357 g/mol. The van der Waals surface area contributed by atoms with Crippen LogP contribution in [0.15, 0.2) is 29.2 Å². The van der Waals surface area contributed by atoms with E-state index < -0.39 is 15.9 Å². The highest BCUT2D eigenvalue weighted by atomic mass is 32.2. The van der Waals surface area contributed by atoms with Crippen molar-refractivity contribution in [2.75, 3.05) is 5.32 Å². The van der Waals surface area contributed by atoms with Gasteiger partial charge in [0.1, 0.15) is 0 Å². The molecule has 9 heteroatoms. The Kier molecular flexibility index (Phi) is 7.11. The van der Waals surface area contributed by atoms with E-state index in [1.165, 1.54) is 24.3 Å². The Morgan fingerprint density at radius 2 is 1.78 bits per heavy atom. The van der Waals surface area contributed by atoms with Gasteiger partial charge in [0.15, 0.2) is 5.11 Å². The van der Waals surface area contributed by atoms with Gasteiger partial charge in [0, 0.05) is 19.0 Å². The Morgan fingerprint density at radius 3 is 2.30 bits per heavy atom. The molecule has 0 bridgehead atoms. The molecule has 0 heterocycles. The van der Waals surface area contributed by atoms with Crippen LogP contribution in [-0.2, 0) is 19.6 Å². The summed E-state index contributed by atoms with van der Waals surface area (Å²) in [6.07, 6.45) is 2.09. The van der Waals surface area contributed by atoms with Crippen molar-refractivity contribution < 1.29 is 18.0 Å². The third kappa shape index (κ3) is 6.74. The lowest BCUT2D eigenvalue weighted by molar-refractivity contribution is -0.120. The zero-order valence-corrected chi connectivity index (χ0v) is 14.5. The fourth-order valence-electron chi connectivity index (χ4n) is 1.65.